The Bertz CT molecular complexity index is 1350. The van der Waals surface area contributed by atoms with E-state index in [2.05, 4.69) is 26.2 Å². The second-order valence-electron chi connectivity index (χ2n) is 7.87. The van der Waals surface area contributed by atoms with Crippen LogP contribution in [0.5, 0.6) is 11.5 Å². The highest BCUT2D eigenvalue weighted by Crippen LogP contribution is 2.39. The Morgan fingerprint density at radius 3 is 2.50 bits per heavy atom. The predicted octanol–water partition coefficient (Wildman–Crippen LogP) is 6.33. The molecular weight excluding hydrogens is 544 g/mol. The van der Waals surface area contributed by atoms with Crippen molar-refractivity contribution in [2.45, 2.75) is 20.5 Å². The minimum atomic E-state index is -0.976. The summed E-state index contributed by atoms with van der Waals surface area (Å²) in [6.45, 7) is 4.55. The van der Waals surface area contributed by atoms with Gasteiger partial charge >= 0.3 is 5.97 Å². The van der Waals surface area contributed by atoms with E-state index >= 15 is 0 Å². The summed E-state index contributed by atoms with van der Waals surface area (Å²) in [5.41, 5.74) is 3.71. The van der Waals surface area contributed by atoms with Crippen LogP contribution in [0.25, 0.3) is 6.08 Å². The fourth-order valence-corrected chi connectivity index (χ4v) is 4.76. The number of carboxylic acids is 1. The van der Waals surface area contributed by atoms with Gasteiger partial charge in [-0.2, -0.15) is 0 Å². The molecule has 0 atom stereocenters. The van der Waals surface area contributed by atoms with Crippen LogP contribution in [-0.2, 0) is 11.4 Å². The Hall–Kier alpha value is -3.56. The molecule has 3 aromatic rings. The molecular formula is C27H23BrN2O5S. The van der Waals surface area contributed by atoms with Gasteiger partial charge in [0.25, 0.3) is 5.91 Å². The zero-order chi connectivity index (χ0) is 25.7. The summed E-state index contributed by atoms with van der Waals surface area (Å²) in [6.07, 6.45) is 1.78. The van der Waals surface area contributed by atoms with Crippen molar-refractivity contribution in [2.75, 3.05) is 6.61 Å². The molecule has 0 saturated carbocycles. The average molecular weight is 567 g/mol. The molecule has 0 bridgehead atoms. The summed E-state index contributed by atoms with van der Waals surface area (Å²) in [7, 11) is 0. The first-order valence-corrected chi connectivity index (χ1v) is 12.7. The number of carboxylic acid groups (broad SMARTS) is 1. The molecule has 4 rings (SSSR count). The van der Waals surface area contributed by atoms with Gasteiger partial charge in [0.05, 0.1) is 27.2 Å². The topological polar surface area (TPSA) is 97.2 Å². The number of hydrogen-bond acceptors (Lipinski definition) is 6. The minimum absolute atomic E-state index is 0.216. The Labute approximate surface area is 221 Å². The number of rotatable bonds is 8. The summed E-state index contributed by atoms with van der Waals surface area (Å²) in [6, 6.07) is 17.9. The number of nitrogens with zero attached hydrogens (tertiary/aromatic N) is 1. The van der Waals surface area contributed by atoms with Crippen LogP contribution in [0.4, 0.5) is 5.69 Å². The molecule has 1 fully saturated rings. The van der Waals surface area contributed by atoms with E-state index < -0.39 is 5.97 Å². The quantitative estimate of drug-likeness (QED) is 0.309. The maximum Gasteiger partial charge on any atom is 0.335 e. The van der Waals surface area contributed by atoms with Gasteiger partial charge in [-0.25, -0.2) is 9.79 Å². The number of halogens is 1. The molecule has 0 aliphatic carbocycles. The van der Waals surface area contributed by atoms with E-state index in [1.54, 1.807) is 18.2 Å². The lowest BCUT2D eigenvalue weighted by Gasteiger charge is -2.15. The number of ether oxygens (including phenoxy) is 2. The number of aryl methyl sites for hydroxylation is 1. The molecule has 1 aliphatic heterocycles. The normalized spacial score (nSPS) is 15.2. The van der Waals surface area contributed by atoms with Crippen molar-refractivity contribution in [1.29, 1.82) is 0 Å². The van der Waals surface area contributed by atoms with Gasteiger partial charge in [-0.15, -0.1) is 0 Å². The Morgan fingerprint density at radius 2 is 1.83 bits per heavy atom. The monoisotopic (exact) mass is 566 g/mol. The second-order valence-corrected chi connectivity index (χ2v) is 9.76. The molecule has 36 heavy (non-hydrogen) atoms. The number of amidine groups is 1. The predicted molar refractivity (Wildman–Crippen MR) is 145 cm³/mol. The number of hydrogen-bond donors (Lipinski definition) is 2. The van der Waals surface area contributed by atoms with Crippen molar-refractivity contribution >= 4 is 56.5 Å². The lowest BCUT2D eigenvalue weighted by molar-refractivity contribution is -0.115. The molecule has 1 saturated heterocycles. The standard InChI is InChI=1S/C27H23BrN2O5S/c1-3-34-22-13-18(12-21(28)24(22)35-15-17-6-8-19(9-7-17)26(32)33)14-23-25(31)30-27(36-23)29-20-10-4-16(2)5-11-20/h4-14H,3,15H2,1-2H3,(H,32,33)(H,29,30,31)/b23-14-. The molecule has 0 unspecified atom stereocenters. The van der Waals surface area contributed by atoms with Crippen molar-refractivity contribution in [1.82, 2.24) is 5.32 Å². The molecule has 1 aliphatic rings. The largest absolute Gasteiger partial charge is 0.490 e. The van der Waals surface area contributed by atoms with E-state index in [-0.39, 0.29) is 18.1 Å². The van der Waals surface area contributed by atoms with Gasteiger partial charge in [-0.3, -0.25) is 4.79 Å². The van der Waals surface area contributed by atoms with Crippen molar-refractivity contribution in [3.05, 3.63) is 92.3 Å². The van der Waals surface area contributed by atoms with E-state index in [0.717, 1.165) is 22.4 Å². The van der Waals surface area contributed by atoms with Gasteiger partial charge in [0.1, 0.15) is 6.61 Å². The fourth-order valence-electron chi connectivity index (χ4n) is 3.34. The van der Waals surface area contributed by atoms with Crippen LogP contribution in [0.3, 0.4) is 0 Å². The summed E-state index contributed by atoms with van der Waals surface area (Å²) in [4.78, 5) is 28.6. The van der Waals surface area contributed by atoms with E-state index in [9.17, 15) is 9.59 Å². The lowest BCUT2D eigenvalue weighted by Crippen LogP contribution is -2.19. The summed E-state index contributed by atoms with van der Waals surface area (Å²) in [5.74, 6) is -0.148. The van der Waals surface area contributed by atoms with E-state index in [1.807, 2.05) is 50.2 Å². The number of benzene rings is 3. The third-order valence-corrected chi connectivity index (χ3v) is 6.63. The second kappa shape index (κ2) is 11.5. The smallest absolute Gasteiger partial charge is 0.335 e. The number of carbonyl (C=O) groups excluding carboxylic acids is 1. The van der Waals surface area contributed by atoms with Crippen LogP contribution in [0.1, 0.15) is 34.0 Å². The van der Waals surface area contributed by atoms with Gasteiger partial charge in [0, 0.05) is 0 Å². The van der Waals surface area contributed by atoms with Gasteiger partial charge in [-0.1, -0.05) is 29.8 Å². The van der Waals surface area contributed by atoms with Crippen LogP contribution in [0, 0.1) is 6.92 Å². The Kier molecular flexibility index (Phi) is 8.12. The lowest BCUT2D eigenvalue weighted by atomic mass is 10.1. The average Bonchev–Trinajstić information content (AvgIpc) is 3.18. The Morgan fingerprint density at radius 1 is 1.11 bits per heavy atom. The molecule has 9 heteroatoms. The van der Waals surface area contributed by atoms with Gasteiger partial charge in [0.2, 0.25) is 0 Å². The van der Waals surface area contributed by atoms with Crippen LogP contribution in [0.2, 0.25) is 0 Å². The first-order valence-electron chi connectivity index (χ1n) is 11.1. The van der Waals surface area contributed by atoms with Gasteiger partial charge in [0.15, 0.2) is 16.7 Å². The van der Waals surface area contributed by atoms with Crippen molar-refractivity contribution in [3.8, 4) is 11.5 Å². The third kappa shape index (κ3) is 6.35. The van der Waals surface area contributed by atoms with E-state index in [1.165, 1.54) is 23.9 Å². The molecule has 1 heterocycles. The van der Waals surface area contributed by atoms with E-state index in [0.29, 0.717) is 32.7 Å². The number of nitrogens with one attached hydrogen (secondary N) is 1. The number of aliphatic imine (C=N–C) groups is 1. The molecule has 1 amide bonds. The van der Waals surface area contributed by atoms with Crippen LogP contribution in [-0.4, -0.2) is 28.8 Å². The summed E-state index contributed by atoms with van der Waals surface area (Å²) in [5, 5.41) is 12.4. The summed E-state index contributed by atoms with van der Waals surface area (Å²) >= 11 is 4.83. The highest BCUT2D eigenvalue weighted by atomic mass is 79.9. The number of thioether (sulfide) groups is 1. The highest BCUT2D eigenvalue weighted by Gasteiger charge is 2.24. The first kappa shape index (κ1) is 25.5. The van der Waals surface area contributed by atoms with Gasteiger partial charge in [-0.05, 0) is 95.1 Å². The molecule has 0 aromatic heterocycles. The molecule has 0 spiro atoms. The van der Waals surface area contributed by atoms with Gasteiger partial charge < -0.3 is 19.9 Å². The first-order chi connectivity index (χ1) is 17.3. The van der Waals surface area contributed by atoms with Crippen molar-refractivity contribution < 1.29 is 24.2 Å². The number of carbonyl (C=O) groups is 2. The highest BCUT2D eigenvalue weighted by molar-refractivity contribution is 9.10. The number of aromatic carboxylic acids is 1. The molecule has 3 aromatic carbocycles. The van der Waals surface area contributed by atoms with Crippen molar-refractivity contribution in [3.63, 3.8) is 0 Å². The van der Waals surface area contributed by atoms with Crippen LogP contribution < -0.4 is 14.8 Å². The minimum Gasteiger partial charge on any atom is -0.490 e. The zero-order valence-corrected chi connectivity index (χ0v) is 22.0. The van der Waals surface area contributed by atoms with Crippen LogP contribution in [0.15, 0.2) is 75.0 Å². The Balaban J connectivity index is 1.53. The molecule has 184 valence electrons. The third-order valence-electron chi connectivity index (χ3n) is 5.13. The molecule has 2 N–H and O–H groups in total. The van der Waals surface area contributed by atoms with E-state index in [4.69, 9.17) is 14.6 Å². The van der Waals surface area contributed by atoms with Crippen molar-refractivity contribution in [2.24, 2.45) is 4.99 Å². The molecule has 7 nitrogen and oxygen atoms in total. The zero-order valence-electron chi connectivity index (χ0n) is 19.6. The SMILES string of the molecule is CCOc1cc(/C=C2\SC(=Nc3ccc(C)cc3)NC2=O)cc(Br)c1OCc1ccc(C(=O)O)cc1. The maximum atomic E-state index is 12.5. The van der Waals surface area contributed by atoms with Crippen LogP contribution >= 0.6 is 27.7 Å². The fraction of sp³-hybridized carbons (Fsp3) is 0.148. The number of amides is 1. The summed E-state index contributed by atoms with van der Waals surface area (Å²) < 4.78 is 12.5. The molecule has 0 radical (unpaired) electrons. The maximum absolute atomic E-state index is 12.5.